The highest BCUT2D eigenvalue weighted by Crippen LogP contribution is 2.24. The minimum atomic E-state index is -0.428. The third-order valence-corrected chi connectivity index (χ3v) is 3.79. The predicted octanol–water partition coefficient (Wildman–Crippen LogP) is 1.42. The number of alkyl carbamates (subject to hydrolysis) is 1. The number of carbonyl (C=O) groups excluding carboxylic acids is 1. The van der Waals surface area contributed by atoms with Crippen LogP contribution in [0, 0.1) is 0 Å². The Morgan fingerprint density at radius 2 is 1.90 bits per heavy atom. The number of hydrogen-bond donors (Lipinski definition) is 1. The Labute approximate surface area is 124 Å². The molecule has 0 aromatic heterocycles. The van der Waals surface area contributed by atoms with E-state index in [1.807, 2.05) is 35.3 Å². The molecule has 0 aliphatic carbocycles. The summed E-state index contributed by atoms with van der Waals surface area (Å²) in [5.74, 6) is 0.685. The number of nitrogens with zero attached hydrogens (tertiary/aromatic N) is 3. The summed E-state index contributed by atoms with van der Waals surface area (Å²) in [5.41, 5.74) is 0.999. The van der Waals surface area contributed by atoms with Crippen LogP contribution in [0.25, 0.3) is 0 Å². The van der Waals surface area contributed by atoms with Crippen LogP contribution in [0.5, 0.6) is 0 Å². The van der Waals surface area contributed by atoms with Gasteiger partial charge in [0.15, 0.2) is 0 Å². The molecular weight excluding hydrogens is 268 g/mol. The average molecular weight is 288 g/mol. The quantitative estimate of drug-likeness (QED) is 0.894. The fraction of sp³-hybridized carbons (Fsp3) is 0.467. The van der Waals surface area contributed by atoms with Crippen LogP contribution in [0.3, 0.4) is 0 Å². The number of ether oxygens (including phenoxy) is 1. The largest absolute Gasteiger partial charge is 0.441 e. The van der Waals surface area contributed by atoms with Gasteiger partial charge in [-0.2, -0.15) is 5.10 Å². The second-order valence-corrected chi connectivity index (χ2v) is 5.44. The van der Waals surface area contributed by atoms with E-state index in [1.165, 1.54) is 0 Å². The number of likely N-dealkylation sites (N-methyl/N-ethyl adjacent to an activating group) is 1. The number of rotatable bonds is 2. The molecule has 1 atom stereocenters. The Balaban J connectivity index is 1.70. The monoisotopic (exact) mass is 288 g/mol. The van der Waals surface area contributed by atoms with Gasteiger partial charge in [-0.15, -0.1) is 0 Å². The third-order valence-electron chi connectivity index (χ3n) is 3.79. The Hall–Kier alpha value is -2.08. The van der Waals surface area contributed by atoms with Crippen molar-refractivity contribution < 1.29 is 9.53 Å². The van der Waals surface area contributed by atoms with Gasteiger partial charge in [0.05, 0.1) is 0 Å². The number of benzene rings is 1. The second kappa shape index (κ2) is 6.13. The molecule has 3 rings (SSSR count). The lowest BCUT2D eigenvalue weighted by Gasteiger charge is -2.32. The van der Waals surface area contributed by atoms with Gasteiger partial charge in [-0.05, 0) is 12.6 Å². The highest BCUT2D eigenvalue weighted by atomic mass is 16.6. The Morgan fingerprint density at radius 1 is 1.19 bits per heavy atom. The minimum absolute atomic E-state index is 0.258. The first-order chi connectivity index (χ1) is 10.2. The van der Waals surface area contributed by atoms with Crippen molar-refractivity contribution in [2.75, 3.05) is 33.2 Å². The zero-order chi connectivity index (χ0) is 14.7. The van der Waals surface area contributed by atoms with Gasteiger partial charge in [0.2, 0.25) is 0 Å². The van der Waals surface area contributed by atoms with Crippen LogP contribution in [-0.2, 0) is 4.74 Å². The molecule has 6 nitrogen and oxygen atoms in total. The van der Waals surface area contributed by atoms with E-state index in [4.69, 9.17) is 4.74 Å². The van der Waals surface area contributed by atoms with Crippen LogP contribution < -0.4 is 5.32 Å². The molecule has 2 fully saturated rings. The van der Waals surface area contributed by atoms with E-state index in [0.717, 1.165) is 31.7 Å². The first-order valence-electron chi connectivity index (χ1n) is 7.24. The van der Waals surface area contributed by atoms with Gasteiger partial charge in [-0.1, -0.05) is 30.3 Å². The number of hydrazone groups is 1. The van der Waals surface area contributed by atoms with Crippen molar-refractivity contribution in [3.63, 3.8) is 0 Å². The summed E-state index contributed by atoms with van der Waals surface area (Å²) in [4.78, 5) is 14.0. The van der Waals surface area contributed by atoms with Gasteiger partial charge in [0, 0.05) is 32.6 Å². The molecule has 0 bridgehead atoms. The molecule has 0 radical (unpaired) electrons. The van der Waals surface area contributed by atoms with E-state index < -0.39 is 6.09 Å². The molecule has 1 unspecified atom stereocenters. The summed E-state index contributed by atoms with van der Waals surface area (Å²) in [6.07, 6.45) is -0.101. The van der Waals surface area contributed by atoms with E-state index in [2.05, 4.69) is 22.4 Å². The lowest BCUT2D eigenvalue weighted by molar-refractivity contribution is 0.0939. The summed E-state index contributed by atoms with van der Waals surface area (Å²) >= 11 is 0. The predicted molar refractivity (Wildman–Crippen MR) is 79.9 cm³/mol. The molecule has 21 heavy (non-hydrogen) atoms. The fourth-order valence-electron chi connectivity index (χ4n) is 2.53. The number of carbonyl (C=O) groups is 1. The van der Waals surface area contributed by atoms with E-state index in [9.17, 15) is 4.79 Å². The highest BCUT2D eigenvalue weighted by Gasteiger charge is 2.27. The molecule has 0 spiro atoms. The van der Waals surface area contributed by atoms with Crippen LogP contribution >= 0.6 is 0 Å². The topological polar surface area (TPSA) is 57.2 Å². The van der Waals surface area contributed by atoms with Crippen LogP contribution in [0.15, 0.2) is 35.4 Å². The molecular formula is C15H20N4O2. The minimum Gasteiger partial charge on any atom is -0.441 e. The Morgan fingerprint density at radius 3 is 2.62 bits per heavy atom. The SMILES string of the molecule is CN1CCN(/N=C2/CC(c3ccccc3)OC(=O)N2)CC1. The van der Waals surface area contributed by atoms with Crippen molar-refractivity contribution in [1.29, 1.82) is 0 Å². The van der Waals surface area contributed by atoms with Gasteiger partial charge in [-0.3, -0.25) is 10.3 Å². The van der Waals surface area contributed by atoms with E-state index in [1.54, 1.807) is 0 Å². The van der Waals surface area contributed by atoms with Crippen LogP contribution in [0.1, 0.15) is 18.1 Å². The summed E-state index contributed by atoms with van der Waals surface area (Å²) < 4.78 is 5.35. The highest BCUT2D eigenvalue weighted by molar-refractivity contribution is 5.97. The molecule has 2 saturated heterocycles. The molecule has 6 heteroatoms. The van der Waals surface area contributed by atoms with Crippen LogP contribution in [-0.4, -0.2) is 55.1 Å². The molecule has 1 aromatic rings. The second-order valence-electron chi connectivity index (χ2n) is 5.44. The molecule has 112 valence electrons. The Bertz CT molecular complexity index is 524. The van der Waals surface area contributed by atoms with Crippen molar-refractivity contribution >= 4 is 11.9 Å². The van der Waals surface area contributed by atoms with Crippen molar-refractivity contribution in [1.82, 2.24) is 15.2 Å². The van der Waals surface area contributed by atoms with Crippen molar-refractivity contribution in [3.05, 3.63) is 35.9 Å². The number of amidine groups is 1. The molecule has 2 aliphatic heterocycles. The lowest BCUT2D eigenvalue weighted by atomic mass is 10.1. The fourth-order valence-corrected chi connectivity index (χ4v) is 2.53. The summed E-state index contributed by atoms with van der Waals surface area (Å²) in [6.45, 7) is 3.74. The maximum absolute atomic E-state index is 11.7. The third kappa shape index (κ3) is 3.52. The standard InChI is InChI=1S/C15H20N4O2/c1-18-7-9-19(10-8-18)17-14-11-13(21-15(20)16-14)12-5-3-2-4-6-12/h2-6,13H,7-11H2,1H3,(H,16,17,20). The molecule has 1 aromatic carbocycles. The summed E-state index contributed by atoms with van der Waals surface area (Å²) in [5, 5.41) is 9.29. The zero-order valence-electron chi connectivity index (χ0n) is 12.2. The maximum atomic E-state index is 11.7. The normalized spacial score (nSPS) is 25.6. The van der Waals surface area contributed by atoms with Gasteiger partial charge in [0.25, 0.3) is 0 Å². The van der Waals surface area contributed by atoms with Gasteiger partial charge < -0.3 is 9.64 Å². The van der Waals surface area contributed by atoms with E-state index in [-0.39, 0.29) is 6.10 Å². The molecule has 0 saturated carbocycles. The van der Waals surface area contributed by atoms with Crippen LogP contribution in [0.4, 0.5) is 4.79 Å². The summed E-state index contributed by atoms with van der Waals surface area (Å²) in [6, 6.07) is 9.78. The first-order valence-corrected chi connectivity index (χ1v) is 7.24. The number of cyclic esters (lactones) is 1. The van der Waals surface area contributed by atoms with E-state index >= 15 is 0 Å². The number of piperazine rings is 1. The van der Waals surface area contributed by atoms with Crippen molar-refractivity contribution in [3.8, 4) is 0 Å². The molecule has 2 heterocycles. The average Bonchev–Trinajstić information content (AvgIpc) is 2.50. The zero-order valence-corrected chi connectivity index (χ0v) is 12.2. The van der Waals surface area contributed by atoms with Gasteiger partial charge in [0.1, 0.15) is 11.9 Å². The maximum Gasteiger partial charge on any atom is 0.413 e. The van der Waals surface area contributed by atoms with Crippen molar-refractivity contribution in [2.45, 2.75) is 12.5 Å². The molecule has 2 aliphatic rings. The van der Waals surface area contributed by atoms with Gasteiger partial charge >= 0.3 is 6.09 Å². The van der Waals surface area contributed by atoms with Gasteiger partial charge in [-0.25, -0.2) is 4.79 Å². The smallest absolute Gasteiger partial charge is 0.413 e. The molecule has 1 N–H and O–H groups in total. The number of amides is 1. The molecule has 1 amide bonds. The van der Waals surface area contributed by atoms with E-state index in [0.29, 0.717) is 12.3 Å². The first kappa shape index (κ1) is 13.9. The van der Waals surface area contributed by atoms with Crippen molar-refractivity contribution in [2.24, 2.45) is 5.10 Å². The Kier molecular flexibility index (Phi) is 4.06. The lowest BCUT2D eigenvalue weighted by Crippen LogP contribution is -2.45. The number of nitrogens with one attached hydrogen (secondary N) is 1. The van der Waals surface area contributed by atoms with Crippen LogP contribution in [0.2, 0.25) is 0 Å². The summed E-state index contributed by atoms with van der Waals surface area (Å²) in [7, 11) is 2.10. The number of hydrogen-bond acceptors (Lipinski definition) is 5.